The van der Waals surface area contributed by atoms with Crippen molar-refractivity contribution in [1.82, 2.24) is 0 Å². The summed E-state index contributed by atoms with van der Waals surface area (Å²) in [6.45, 7) is 0. The van der Waals surface area contributed by atoms with Gasteiger partial charge in [-0.05, 0) is 35.9 Å². The van der Waals surface area contributed by atoms with Crippen molar-refractivity contribution in [3.05, 3.63) is 73.1 Å². The first-order chi connectivity index (χ1) is 9.50. The van der Waals surface area contributed by atoms with Gasteiger partial charge in [-0.15, -0.1) is 0 Å². The van der Waals surface area contributed by atoms with Gasteiger partial charge in [-0.25, -0.2) is 0 Å². The third-order valence-electron chi connectivity index (χ3n) is 2.62. The van der Waals surface area contributed by atoms with Crippen LogP contribution < -0.4 is 0 Å². The first-order valence-electron chi connectivity index (χ1n) is 5.61. The standard InChI is InChI=1S/C15H8BrCl3O/c16-11-4-2-1-3-9(11)5-8-13(20)10-6-7-12(17)15(19)14(10)18/h1-8H. The largest absolute Gasteiger partial charge is 0.289 e. The van der Waals surface area contributed by atoms with Crippen LogP contribution >= 0.6 is 50.7 Å². The van der Waals surface area contributed by atoms with Crippen molar-refractivity contribution in [2.24, 2.45) is 0 Å². The van der Waals surface area contributed by atoms with Gasteiger partial charge in [-0.1, -0.05) is 68.9 Å². The summed E-state index contributed by atoms with van der Waals surface area (Å²) >= 11 is 21.2. The summed E-state index contributed by atoms with van der Waals surface area (Å²) in [6, 6.07) is 10.7. The van der Waals surface area contributed by atoms with Crippen LogP contribution in [0.15, 0.2) is 46.9 Å². The number of hydrogen-bond donors (Lipinski definition) is 0. The van der Waals surface area contributed by atoms with Crippen LogP contribution in [0.4, 0.5) is 0 Å². The highest BCUT2D eigenvalue weighted by molar-refractivity contribution is 9.10. The molecule has 0 aliphatic rings. The molecule has 0 fully saturated rings. The van der Waals surface area contributed by atoms with Crippen molar-refractivity contribution in [1.29, 1.82) is 0 Å². The van der Waals surface area contributed by atoms with E-state index < -0.39 is 0 Å². The van der Waals surface area contributed by atoms with E-state index in [0.717, 1.165) is 10.0 Å². The van der Waals surface area contributed by atoms with Gasteiger partial charge in [-0.2, -0.15) is 0 Å². The van der Waals surface area contributed by atoms with Crippen LogP contribution in [0, 0.1) is 0 Å². The molecule has 0 amide bonds. The topological polar surface area (TPSA) is 17.1 Å². The second kappa shape index (κ2) is 6.77. The smallest absolute Gasteiger partial charge is 0.187 e. The molecule has 0 N–H and O–H groups in total. The highest BCUT2D eigenvalue weighted by Crippen LogP contribution is 2.33. The first-order valence-corrected chi connectivity index (χ1v) is 7.54. The third-order valence-corrected chi connectivity index (χ3v) is 4.64. The molecule has 102 valence electrons. The molecule has 20 heavy (non-hydrogen) atoms. The molecule has 0 heterocycles. The van der Waals surface area contributed by atoms with E-state index in [9.17, 15) is 4.79 Å². The number of rotatable bonds is 3. The van der Waals surface area contributed by atoms with Crippen LogP contribution in [0.25, 0.3) is 6.08 Å². The maximum absolute atomic E-state index is 12.1. The molecule has 2 aromatic carbocycles. The van der Waals surface area contributed by atoms with Gasteiger partial charge in [-0.3, -0.25) is 4.79 Å². The first kappa shape index (κ1) is 15.6. The minimum atomic E-state index is -0.232. The molecule has 5 heteroatoms. The molecule has 0 saturated heterocycles. The Morgan fingerprint density at radius 3 is 2.40 bits per heavy atom. The Hall–Kier alpha value is -0.800. The SMILES string of the molecule is O=C(C=Cc1ccccc1Br)c1ccc(Cl)c(Cl)c1Cl. The van der Waals surface area contributed by atoms with E-state index in [1.807, 2.05) is 24.3 Å². The molecular weight excluding hydrogens is 382 g/mol. The van der Waals surface area contributed by atoms with Crippen LogP contribution in [-0.2, 0) is 0 Å². The maximum atomic E-state index is 12.1. The van der Waals surface area contributed by atoms with Crippen LogP contribution in [-0.4, -0.2) is 5.78 Å². The minimum absolute atomic E-state index is 0.168. The molecular formula is C15H8BrCl3O. The maximum Gasteiger partial charge on any atom is 0.187 e. The zero-order valence-electron chi connectivity index (χ0n) is 10.0. The number of carbonyl (C=O) groups is 1. The van der Waals surface area contributed by atoms with Crippen molar-refractivity contribution in [2.75, 3.05) is 0 Å². The molecule has 0 saturated carbocycles. The molecule has 0 aliphatic carbocycles. The van der Waals surface area contributed by atoms with E-state index in [1.54, 1.807) is 18.2 Å². The molecule has 2 aromatic rings. The molecule has 2 rings (SSSR count). The van der Waals surface area contributed by atoms with Crippen LogP contribution in [0.3, 0.4) is 0 Å². The third kappa shape index (κ3) is 3.44. The number of hydrogen-bond acceptors (Lipinski definition) is 1. The summed E-state index contributed by atoms with van der Waals surface area (Å²) < 4.78 is 0.907. The lowest BCUT2D eigenvalue weighted by molar-refractivity contribution is 0.104. The molecule has 0 bridgehead atoms. The zero-order chi connectivity index (χ0) is 14.7. The van der Waals surface area contributed by atoms with Crippen molar-refractivity contribution in [2.45, 2.75) is 0 Å². The van der Waals surface area contributed by atoms with E-state index in [1.165, 1.54) is 6.08 Å². The normalized spacial score (nSPS) is 11.0. The number of halogens is 4. The summed E-state index contributed by atoms with van der Waals surface area (Å²) in [4.78, 5) is 12.1. The minimum Gasteiger partial charge on any atom is -0.289 e. The number of ketones is 1. The average Bonchev–Trinajstić information content (AvgIpc) is 2.44. The van der Waals surface area contributed by atoms with E-state index in [-0.39, 0.29) is 15.8 Å². The summed E-state index contributed by atoms with van der Waals surface area (Å²) in [6.07, 6.45) is 3.16. The fourth-order valence-electron chi connectivity index (χ4n) is 1.58. The molecule has 0 unspecified atom stereocenters. The van der Waals surface area contributed by atoms with E-state index in [0.29, 0.717) is 10.6 Å². The lowest BCUT2D eigenvalue weighted by atomic mass is 10.1. The fourth-order valence-corrected chi connectivity index (χ4v) is 2.63. The molecule has 0 atom stereocenters. The Morgan fingerprint density at radius 1 is 1.00 bits per heavy atom. The van der Waals surface area contributed by atoms with Crippen molar-refractivity contribution < 1.29 is 4.79 Å². The number of allylic oxidation sites excluding steroid dienone is 1. The van der Waals surface area contributed by atoms with Crippen molar-refractivity contribution in [3.8, 4) is 0 Å². The van der Waals surface area contributed by atoms with Gasteiger partial charge in [0.15, 0.2) is 5.78 Å². The number of carbonyl (C=O) groups excluding carboxylic acids is 1. The number of benzene rings is 2. The van der Waals surface area contributed by atoms with Gasteiger partial charge in [0.25, 0.3) is 0 Å². The van der Waals surface area contributed by atoms with Gasteiger partial charge >= 0.3 is 0 Å². The Balaban J connectivity index is 2.30. The summed E-state index contributed by atoms with van der Waals surface area (Å²) in [5.74, 6) is -0.232. The molecule has 0 spiro atoms. The second-order valence-electron chi connectivity index (χ2n) is 3.94. The Kier molecular flexibility index (Phi) is 5.28. The summed E-state index contributed by atoms with van der Waals surface area (Å²) in [5.41, 5.74) is 1.22. The Morgan fingerprint density at radius 2 is 1.70 bits per heavy atom. The average molecular weight is 390 g/mol. The Labute approximate surface area is 140 Å². The highest BCUT2D eigenvalue weighted by atomic mass is 79.9. The predicted octanol–water partition coefficient (Wildman–Crippen LogP) is 6.31. The van der Waals surface area contributed by atoms with Gasteiger partial charge in [0.2, 0.25) is 0 Å². The van der Waals surface area contributed by atoms with Gasteiger partial charge in [0.1, 0.15) is 0 Å². The van der Waals surface area contributed by atoms with E-state index in [2.05, 4.69) is 15.9 Å². The van der Waals surface area contributed by atoms with Crippen molar-refractivity contribution in [3.63, 3.8) is 0 Å². The van der Waals surface area contributed by atoms with Gasteiger partial charge < -0.3 is 0 Å². The predicted molar refractivity (Wildman–Crippen MR) is 89.0 cm³/mol. The highest BCUT2D eigenvalue weighted by Gasteiger charge is 2.13. The summed E-state index contributed by atoms with van der Waals surface area (Å²) in [7, 11) is 0. The van der Waals surface area contributed by atoms with Crippen LogP contribution in [0.1, 0.15) is 15.9 Å². The lowest BCUT2D eigenvalue weighted by Gasteiger charge is -2.04. The monoisotopic (exact) mass is 388 g/mol. The fraction of sp³-hybridized carbons (Fsp3) is 0. The van der Waals surface area contributed by atoms with Gasteiger partial charge in [0, 0.05) is 10.0 Å². The second-order valence-corrected chi connectivity index (χ2v) is 5.96. The summed E-state index contributed by atoms with van der Waals surface area (Å²) in [5, 5.41) is 0.678. The Bertz CT molecular complexity index is 696. The quantitative estimate of drug-likeness (QED) is 0.341. The van der Waals surface area contributed by atoms with Gasteiger partial charge in [0.05, 0.1) is 15.1 Å². The van der Waals surface area contributed by atoms with Crippen molar-refractivity contribution >= 4 is 62.6 Å². The van der Waals surface area contributed by atoms with Crippen LogP contribution in [0.2, 0.25) is 15.1 Å². The molecule has 0 aromatic heterocycles. The zero-order valence-corrected chi connectivity index (χ0v) is 13.9. The van der Waals surface area contributed by atoms with Crippen LogP contribution in [0.5, 0.6) is 0 Å². The molecule has 0 radical (unpaired) electrons. The van der Waals surface area contributed by atoms with E-state index >= 15 is 0 Å². The van der Waals surface area contributed by atoms with E-state index in [4.69, 9.17) is 34.8 Å². The molecule has 0 aliphatic heterocycles. The molecule has 1 nitrogen and oxygen atoms in total. The lowest BCUT2D eigenvalue weighted by Crippen LogP contribution is -1.96.